The number of piperidine rings is 6. The van der Waals surface area contributed by atoms with E-state index in [2.05, 4.69) is 44.1 Å². The third kappa shape index (κ3) is 7.74. The maximum atomic E-state index is 12.3. The Balaban J connectivity index is 0.910. The van der Waals surface area contributed by atoms with Crippen molar-refractivity contribution in [3.05, 3.63) is 0 Å². The molecule has 0 spiro atoms. The van der Waals surface area contributed by atoms with Crippen LogP contribution in [0.1, 0.15) is 89.9 Å². The summed E-state index contributed by atoms with van der Waals surface area (Å²) in [5, 5.41) is 6.13. The van der Waals surface area contributed by atoms with E-state index in [0.717, 1.165) is 64.7 Å². The monoisotopic (exact) mass is 578 g/mol. The van der Waals surface area contributed by atoms with Crippen LogP contribution in [0.15, 0.2) is 0 Å². The summed E-state index contributed by atoms with van der Waals surface area (Å²) in [5.74, 6) is 15.2. The van der Waals surface area contributed by atoms with Gasteiger partial charge in [0.2, 0.25) is 0 Å². The van der Waals surface area contributed by atoms with E-state index in [1.165, 1.54) is 51.4 Å². The van der Waals surface area contributed by atoms with E-state index in [9.17, 15) is 9.59 Å². The number of carbonyl (C=O) groups is 2. The summed E-state index contributed by atoms with van der Waals surface area (Å²) in [4.78, 5) is 29.5. The van der Waals surface area contributed by atoms with E-state index >= 15 is 0 Å². The molecule has 2 N–H and O–H groups in total. The van der Waals surface area contributed by atoms with Crippen molar-refractivity contribution in [2.45, 2.75) is 114 Å². The molecule has 0 aromatic carbocycles. The average molecular weight is 579 g/mol. The van der Waals surface area contributed by atoms with Gasteiger partial charge in [-0.25, -0.2) is 9.59 Å². The highest BCUT2D eigenvalue weighted by atomic mass is 16.6. The molecule has 4 bridgehead atoms. The number of ether oxygens (including phenoxy) is 2. The van der Waals surface area contributed by atoms with Crippen molar-refractivity contribution in [2.75, 3.05) is 39.4 Å². The summed E-state index contributed by atoms with van der Waals surface area (Å²) in [7, 11) is 0. The van der Waals surface area contributed by atoms with Gasteiger partial charge in [0, 0.05) is 49.1 Å². The van der Waals surface area contributed by atoms with Gasteiger partial charge >= 0.3 is 12.2 Å². The fourth-order valence-corrected chi connectivity index (χ4v) is 8.46. The van der Waals surface area contributed by atoms with Crippen LogP contribution in [0.2, 0.25) is 0 Å². The molecule has 8 aliphatic rings. The highest BCUT2D eigenvalue weighted by molar-refractivity contribution is 5.68. The Hall–Kier alpha value is -2.42. The number of hydrogen-bond acceptors (Lipinski definition) is 6. The number of hydrogen-bond donors (Lipinski definition) is 2. The van der Waals surface area contributed by atoms with Crippen molar-refractivity contribution in [1.82, 2.24) is 20.4 Å². The number of rotatable bonds is 6. The largest absolute Gasteiger partial charge is 0.448 e. The molecule has 8 fully saturated rings. The molecule has 0 radical (unpaired) electrons. The smallest absolute Gasteiger partial charge is 0.407 e. The van der Waals surface area contributed by atoms with E-state index in [1.807, 2.05) is 0 Å². The minimum Gasteiger partial charge on any atom is -0.448 e. The fourth-order valence-electron chi connectivity index (χ4n) is 8.46. The van der Waals surface area contributed by atoms with Gasteiger partial charge in [-0.3, -0.25) is 9.80 Å². The first-order valence-electron chi connectivity index (χ1n) is 17.0. The zero-order chi connectivity index (χ0) is 28.7. The van der Waals surface area contributed by atoms with Gasteiger partial charge in [0.25, 0.3) is 0 Å². The molecule has 8 rings (SSSR count). The summed E-state index contributed by atoms with van der Waals surface area (Å²) in [6.07, 6.45) is 15.6. The number of carbonyl (C=O) groups excluding carboxylic acids is 2. The summed E-state index contributed by atoms with van der Waals surface area (Å²) in [6, 6.07) is 1.20. The van der Waals surface area contributed by atoms with Crippen molar-refractivity contribution in [2.24, 2.45) is 23.7 Å². The van der Waals surface area contributed by atoms with Gasteiger partial charge in [0.1, 0.15) is 13.2 Å². The lowest BCUT2D eigenvalue weighted by atomic mass is 9.76. The molecule has 0 aromatic heterocycles. The van der Waals surface area contributed by atoms with Gasteiger partial charge in [0.05, 0.1) is 0 Å². The van der Waals surface area contributed by atoms with Crippen molar-refractivity contribution >= 4 is 12.2 Å². The van der Waals surface area contributed by atoms with E-state index in [0.29, 0.717) is 49.0 Å². The zero-order valence-electron chi connectivity index (χ0n) is 25.3. The molecular weight excluding hydrogens is 528 g/mol. The Bertz CT molecular complexity index is 979. The third-order valence-electron chi connectivity index (χ3n) is 11.0. The molecule has 2 saturated carbocycles. The molecular formula is C34H50N4O4. The molecule has 230 valence electrons. The quantitative estimate of drug-likeness (QED) is 0.451. The van der Waals surface area contributed by atoms with Crippen molar-refractivity contribution in [3.63, 3.8) is 0 Å². The van der Waals surface area contributed by atoms with Crippen LogP contribution in [0, 0.1) is 47.4 Å². The Kier molecular flexibility index (Phi) is 10.1. The normalized spacial score (nSPS) is 36.1. The predicted octanol–water partition coefficient (Wildman–Crippen LogP) is 4.53. The maximum absolute atomic E-state index is 12.3. The Morgan fingerprint density at radius 1 is 0.619 bits per heavy atom. The SMILES string of the molecule is O=C(NC1CCCCC1)OC[C@@H]1C[C@@H]2CCN1C[C@@H]2C#CC#C[C@@H]1CN2CC[C@@H]1C[C@@H]2COC(=O)NC1CCCCC1. The summed E-state index contributed by atoms with van der Waals surface area (Å²) >= 11 is 0. The zero-order valence-corrected chi connectivity index (χ0v) is 25.3. The summed E-state index contributed by atoms with van der Waals surface area (Å²) in [5.41, 5.74) is 0. The minimum absolute atomic E-state index is 0.247. The molecule has 2 unspecified atom stereocenters. The lowest BCUT2D eigenvalue weighted by Crippen LogP contribution is -2.55. The topological polar surface area (TPSA) is 83.1 Å². The molecule has 6 heterocycles. The molecule has 42 heavy (non-hydrogen) atoms. The van der Waals surface area contributed by atoms with Gasteiger partial charge in [-0.15, -0.1) is 0 Å². The second-order valence-electron chi connectivity index (χ2n) is 13.8. The van der Waals surface area contributed by atoms with Gasteiger partial charge in [0.15, 0.2) is 0 Å². The van der Waals surface area contributed by atoms with Crippen LogP contribution in [-0.2, 0) is 9.47 Å². The van der Waals surface area contributed by atoms with E-state index in [4.69, 9.17) is 9.47 Å². The van der Waals surface area contributed by atoms with Crippen molar-refractivity contribution < 1.29 is 19.1 Å². The van der Waals surface area contributed by atoms with Gasteiger partial charge in [-0.2, -0.15) is 0 Å². The van der Waals surface area contributed by atoms with Crippen molar-refractivity contribution in [1.29, 1.82) is 0 Å². The number of alkyl carbamates (subject to hydrolysis) is 2. The van der Waals surface area contributed by atoms with E-state index in [1.54, 1.807) is 0 Å². The highest BCUT2D eigenvalue weighted by Gasteiger charge is 2.41. The Morgan fingerprint density at radius 2 is 1.05 bits per heavy atom. The van der Waals surface area contributed by atoms with Crippen LogP contribution >= 0.6 is 0 Å². The molecule has 8 nitrogen and oxygen atoms in total. The predicted molar refractivity (Wildman–Crippen MR) is 161 cm³/mol. The molecule has 6 aliphatic heterocycles. The molecule has 6 saturated heterocycles. The first-order chi connectivity index (χ1) is 20.6. The minimum atomic E-state index is -0.247. The van der Waals surface area contributed by atoms with E-state index < -0.39 is 0 Å². The van der Waals surface area contributed by atoms with Crippen LogP contribution in [0.25, 0.3) is 0 Å². The lowest BCUT2D eigenvalue weighted by molar-refractivity contribution is -0.00919. The highest BCUT2D eigenvalue weighted by Crippen LogP contribution is 2.37. The molecule has 8 heteroatoms. The van der Waals surface area contributed by atoms with Gasteiger partial charge in [-0.1, -0.05) is 50.4 Å². The summed E-state index contributed by atoms with van der Waals surface area (Å²) < 4.78 is 11.3. The summed E-state index contributed by atoms with van der Waals surface area (Å²) in [6.45, 7) is 5.00. The van der Waals surface area contributed by atoms with Gasteiger partial charge < -0.3 is 20.1 Å². The van der Waals surface area contributed by atoms with Crippen LogP contribution in [0.3, 0.4) is 0 Å². The standard InChI is InChI=1S/C34H50N4O4/c39-33(35-29-11-3-1-4-12-29)41-23-31-19-25-15-17-37(31)21-27(25)9-7-8-10-28-22-38-18-16-26(28)20-32(38)24-42-34(40)36-30-13-5-2-6-14-30/h25-32H,1-6,11-24H2,(H,35,39)(H,36,40)/t25-,26+,27-,28+,31-,32+. The average Bonchev–Trinajstić information content (AvgIpc) is 3.03. The Labute approximate surface area is 252 Å². The van der Waals surface area contributed by atoms with E-state index in [-0.39, 0.29) is 24.3 Å². The van der Waals surface area contributed by atoms with Crippen LogP contribution in [0.4, 0.5) is 9.59 Å². The fraction of sp³-hybridized carbons (Fsp3) is 0.824. The first-order valence-corrected chi connectivity index (χ1v) is 17.0. The molecule has 8 atom stereocenters. The Morgan fingerprint density at radius 3 is 1.43 bits per heavy atom. The molecule has 0 aromatic rings. The van der Waals surface area contributed by atoms with Gasteiger partial charge in [-0.05, 0) is 88.1 Å². The third-order valence-corrected chi connectivity index (χ3v) is 11.0. The second-order valence-corrected chi connectivity index (χ2v) is 13.8. The first kappa shape index (κ1) is 29.6. The van der Waals surface area contributed by atoms with Crippen LogP contribution < -0.4 is 10.6 Å². The molecule has 2 amide bonds. The number of amides is 2. The number of nitrogens with zero attached hydrogens (tertiary/aromatic N) is 2. The second kappa shape index (κ2) is 14.4. The maximum Gasteiger partial charge on any atom is 0.407 e. The number of fused-ring (bicyclic) bond motifs is 6. The van der Waals surface area contributed by atoms with Crippen LogP contribution in [-0.4, -0.2) is 85.5 Å². The lowest BCUT2D eigenvalue weighted by Gasteiger charge is -2.48. The molecule has 2 aliphatic carbocycles. The number of nitrogens with one attached hydrogen (secondary N) is 2. The van der Waals surface area contributed by atoms with Crippen LogP contribution in [0.5, 0.6) is 0 Å². The van der Waals surface area contributed by atoms with Crippen molar-refractivity contribution in [3.8, 4) is 23.7 Å².